The number of carboxylic acids is 1. The fraction of sp³-hybridized carbons (Fsp3) is 0.556. The average Bonchev–Trinajstić information content (AvgIpc) is 2.72. The van der Waals surface area contributed by atoms with E-state index in [1.165, 1.54) is 0 Å². The van der Waals surface area contributed by atoms with Crippen LogP contribution in [0.2, 0.25) is 0 Å². The van der Waals surface area contributed by atoms with Crippen molar-refractivity contribution >= 4 is 30.0 Å². The second-order valence-corrected chi connectivity index (χ2v) is 6.59. The van der Waals surface area contributed by atoms with Crippen LogP contribution < -0.4 is 5.32 Å². The first-order valence-electron chi connectivity index (χ1n) is 8.45. The summed E-state index contributed by atoms with van der Waals surface area (Å²) in [6.45, 7) is 4.13. The molecule has 0 aliphatic carbocycles. The Labute approximate surface area is 155 Å². The second kappa shape index (κ2) is 10.4. The van der Waals surface area contributed by atoms with Crippen LogP contribution in [0.15, 0.2) is 24.3 Å². The number of rotatable bonds is 6. The highest BCUT2D eigenvalue weighted by molar-refractivity contribution is 5.92. The molecule has 1 aromatic rings. The van der Waals surface area contributed by atoms with Crippen LogP contribution in [0, 0.1) is 6.92 Å². The van der Waals surface area contributed by atoms with E-state index in [1.807, 2.05) is 43.1 Å². The van der Waals surface area contributed by atoms with Crippen LogP contribution in [0.1, 0.15) is 24.8 Å². The highest BCUT2D eigenvalue weighted by Gasteiger charge is 2.22. The van der Waals surface area contributed by atoms with Crippen LogP contribution in [0.3, 0.4) is 0 Å². The first-order chi connectivity index (χ1) is 11.4. The molecule has 6 nitrogen and oxygen atoms in total. The van der Waals surface area contributed by atoms with Gasteiger partial charge in [-0.2, -0.15) is 0 Å². The van der Waals surface area contributed by atoms with Gasteiger partial charge in [0.1, 0.15) is 0 Å². The lowest BCUT2D eigenvalue weighted by molar-refractivity contribution is -0.138. The van der Waals surface area contributed by atoms with Crippen molar-refractivity contribution in [2.24, 2.45) is 0 Å². The number of carbonyl (C=O) groups is 2. The normalized spacial score (nSPS) is 18.3. The largest absolute Gasteiger partial charge is 0.480 e. The molecule has 1 amide bonds. The van der Waals surface area contributed by atoms with Crippen molar-refractivity contribution in [1.82, 2.24) is 9.80 Å². The van der Waals surface area contributed by atoms with Gasteiger partial charge in [0, 0.05) is 18.3 Å². The van der Waals surface area contributed by atoms with Gasteiger partial charge in [0.25, 0.3) is 0 Å². The lowest BCUT2D eigenvalue weighted by Gasteiger charge is -2.25. The van der Waals surface area contributed by atoms with Crippen molar-refractivity contribution in [2.45, 2.75) is 32.2 Å². The smallest absolute Gasteiger partial charge is 0.317 e. The topological polar surface area (TPSA) is 72.9 Å². The van der Waals surface area contributed by atoms with Gasteiger partial charge in [-0.1, -0.05) is 12.1 Å². The predicted molar refractivity (Wildman–Crippen MR) is 101 cm³/mol. The van der Waals surface area contributed by atoms with Crippen molar-refractivity contribution in [3.8, 4) is 0 Å². The molecule has 1 aliphatic heterocycles. The van der Waals surface area contributed by atoms with E-state index < -0.39 is 5.97 Å². The molecule has 1 atom stereocenters. The van der Waals surface area contributed by atoms with Gasteiger partial charge in [0.15, 0.2) is 0 Å². The number of amides is 1. The van der Waals surface area contributed by atoms with E-state index in [0.29, 0.717) is 6.54 Å². The van der Waals surface area contributed by atoms with E-state index in [1.54, 1.807) is 0 Å². The molecule has 0 spiro atoms. The maximum Gasteiger partial charge on any atom is 0.317 e. The summed E-state index contributed by atoms with van der Waals surface area (Å²) in [6, 6.07) is 8.05. The minimum atomic E-state index is -0.795. The standard InChI is InChI=1S/C18H27N3O3.ClH/c1-14-5-3-6-15(11-14)19-17(22)12-21-9-4-7-16(8-10-21)20(2)13-18(23)24;/h3,5-6,11,16H,4,7-10,12-13H2,1-2H3,(H,19,22)(H,23,24);1H. The molecule has 1 unspecified atom stereocenters. The molecular formula is C18H28ClN3O3. The summed E-state index contributed by atoms with van der Waals surface area (Å²) in [6.07, 6.45) is 2.84. The molecule has 2 rings (SSSR count). The monoisotopic (exact) mass is 369 g/mol. The third kappa shape index (κ3) is 7.42. The van der Waals surface area contributed by atoms with E-state index in [0.717, 1.165) is 43.6 Å². The lowest BCUT2D eigenvalue weighted by Crippen LogP contribution is -2.37. The zero-order valence-electron chi connectivity index (χ0n) is 14.9. The average molecular weight is 370 g/mol. The Bertz CT molecular complexity index is 582. The zero-order chi connectivity index (χ0) is 17.5. The van der Waals surface area contributed by atoms with Gasteiger partial charge >= 0.3 is 5.97 Å². The molecule has 7 heteroatoms. The number of nitrogens with one attached hydrogen (secondary N) is 1. The van der Waals surface area contributed by atoms with Crippen molar-refractivity contribution in [3.63, 3.8) is 0 Å². The summed E-state index contributed by atoms with van der Waals surface area (Å²) in [5.41, 5.74) is 1.95. The highest BCUT2D eigenvalue weighted by atomic mass is 35.5. The van der Waals surface area contributed by atoms with Crippen LogP contribution in [-0.4, -0.2) is 66.1 Å². The third-order valence-corrected chi connectivity index (χ3v) is 4.47. The Morgan fingerprint density at radius 3 is 2.76 bits per heavy atom. The van der Waals surface area contributed by atoms with E-state index in [9.17, 15) is 9.59 Å². The minimum absolute atomic E-state index is 0. The van der Waals surface area contributed by atoms with Crippen molar-refractivity contribution in [1.29, 1.82) is 0 Å². The highest BCUT2D eigenvalue weighted by Crippen LogP contribution is 2.16. The number of halogens is 1. The molecule has 140 valence electrons. The molecule has 2 N–H and O–H groups in total. The van der Waals surface area contributed by atoms with Gasteiger partial charge in [-0.15, -0.1) is 12.4 Å². The molecule has 25 heavy (non-hydrogen) atoms. The number of anilines is 1. The first-order valence-corrected chi connectivity index (χ1v) is 8.45. The zero-order valence-corrected chi connectivity index (χ0v) is 15.7. The summed E-state index contributed by atoms with van der Waals surface area (Å²) in [4.78, 5) is 27.1. The van der Waals surface area contributed by atoms with Gasteiger partial charge in [-0.05, 0) is 57.5 Å². The van der Waals surface area contributed by atoms with Gasteiger partial charge in [-0.3, -0.25) is 19.4 Å². The van der Waals surface area contributed by atoms with Gasteiger partial charge < -0.3 is 10.4 Å². The van der Waals surface area contributed by atoms with E-state index in [-0.39, 0.29) is 30.9 Å². The maximum atomic E-state index is 12.2. The van der Waals surface area contributed by atoms with Crippen molar-refractivity contribution in [3.05, 3.63) is 29.8 Å². The molecule has 0 aromatic heterocycles. The second-order valence-electron chi connectivity index (χ2n) is 6.59. The lowest BCUT2D eigenvalue weighted by atomic mass is 10.1. The number of aliphatic carboxylic acids is 1. The Kier molecular flexibility index (Phi) is 8.89. The van der Waals surface area contributed by atoms with Crippen molar-refractivity contribution in [2.75, 3.05) is 38.5 Å². The number of benzene rings is 1. The Morgan fingerprint density at radius 2 is 2.08 bits per heavy atom. The molecule has 0 radical (unpaired) electrons. The van der Waals surface area contributed by atoms with Gasteiger partial charge in [0.2, 0.25) is 5.91 Å². The summed E-state index contributed by atoms with van der Waals surface area (Å²) in [5.74, 6) is -0.797. The number of hydrogen-bond acceptors (Lipinski definition) is 4. The molecule has 1 heterocycles. The Morgan fingerprint density at radius 1 is 1.32 bits per heavy atom. The number of likely N-dealkylation sites (tertiary alicyclic amines) is 1. The van der Waals surface area contributed by atoms with E-state index >= 15 is 0 Å². The molecule has 1 aromatic carbocycles. The molecule has 1 aliphatic rings. The Balaban J connectivity index is 0.00000312. The Hall–Kier alpha value is -1.63. The third-order valence-electron chi connectivity index (χ3n) is 4.47. The predicted octanol–water partition coefficient (Wildman–Crippen LogP) is 2.23. The SMILES string of the molecule is Cc1cccc(NC(=O)CN2CCCC(N(C)CC(=O)O)CC2)c1.Cl. The fourth-order valence-corrected chi connectivity index (χ4v) is 3.21. The first kappa shape index (κ1) is 21.4. The van der Waals surface area contributed by atoms with Crippen LogP contribution in [0.4, 0.5) is 5.69 Å². The molecular weight excluding hydrogens is 342 g/mol. The van der Waals surface area contributed by atoms with Crippen LogP contribution >= 0.6 is 12.4 Å². The summed E-state index contributed by atoms with van der Waals surface area (Å²) >= 11 is 0. The summed E-state index contributed by atoms with van der Waals surface area (Å²) in [5, 5.41) is 11.9. The minimum Gasteiger partial charge on any atom is -0.480 e. The number of carbonyl (C=O) groups excluding carboxylic acids is 1. The number of likely N-dealkylation sites (N-methyl/N-ethyl adjacent to an activating group) is 1. The summed E-state index contributed by atoms with van der Waals surface area (Å²) < 4.78 is 0. The molecule has 1 saturated heterocycles. The number of aryl methyl sites for hydroxylation is 1. The van der Waals surface area contributed by atoms with Crippen LogP contribution in [0.25, 0.3) is 0 Å². The number of nitrogens with zero attached hydrogens (tertiary/aromatic N) is 2. The van der Waals surface area contributed by atoms with Crippen LogP contribution in [-0.2, 0) is 9.59 Å². The molecule has 0 bridgehead atoms. The van der Waals surface area contributed by atoms with E-state index in [4.69, 9.17) is 5.11 Å². The quantitative estimate of drug-likeness (QED) is 0.804. The van der Waals surface area contributed by atoms with Crippen LogP contribution in [0.5, 0.6) is 0 Å². The van der Waals surface area contributed by atoms with Gasteiger partial charge in [-0.25, -0.2) is 0 Å². The number of carboxylic acid groups (broad SMARTS) is 1. The van der Waals surface area contributed by atoms with E-state index in [2.05, 4.69) is 10.2 Å². The van der Waals surface area contributed by atoms with Crippen molar-refractivity contribution < 1.29 is 14.7 Å². The molecule has 1 fully saturated rings. The molecule has 0 saturated carbocycles. The van der Waals surface area contributed by atoms with Gasteiger partial charge in [0.05, 0.1) is 13.1 Å². The summed E-state index contributed by atoms with van der Waals surface area (Å²) in [7, 11) is 1.86. The number of hydrogen-bond donors (Lipinski definition) is 2. The fourth-order valence-electron chi connectivity index (χ4n) is 3.21. The maximum absolute atomic E-state index is 12.2.